The minimum absolute atomic E-state index is 0.0443. The van der Waals surface area contributed by atoms with Crippen molar-refractivity contribution in [1.29, 1.82) is 0 Å². The number of hydrogen-bond acceptors (Lipinski definition) is 5. The molecule has 0 saturated heterocycles. The number of anilines is 1. The Morgan fingerprint density at radius 2 is 2.00 bits per heavy atom. The summed E-state index contributed by atoms with van der Waals surface area (Å²) in [6.45, 7) is 1.40. The Labute approximate surface area is 126 Å². The molecule has 1 heterocycles. The molecule has 1 aromatic rings. The number of aromatic nitrogens is 1. The second-order valence-electron chi connectivity index (χ2n) is 5.47. The molecule has 1 fully saturated rings. The average molecular weight is 310 g/mol. The highest BCUT2D eigenvalue weighted by Crippen LogP contribution is 2.39. The first-order valence-electron chi connectivity index (χ1n) is 6.93. The van der Waals surface area contributed by atoms with Crippen molar-refractivity contribution in [1.82, 2.24) is 4.98 Å². The number of carbonyl (C=O) groups excluding carboxylic acids is 2. The highest BCUT2D eigenvalue weighted by Gasteiger charge is 2.41. The molecule has 0 aromatic carbocycles. The lowest BCUT2D eigenvalue weighted by Crippen LogP contribution is -2.37. The van der Waals surface area contributed by atoms with Gasteiger partial charge in [-0.1, -0.05) is 19.3 Å². The van der Waals surface area contributed by atoms with Gasteiger partial charge in [0.25, 0.3) is 0 Å². The fourth-order valence-electron chi connectivity index (χ4n) is 2.66. The average Bonchev–Trinajstić information content (AvgIpc) is 2.88. The largest absolute Gasteiger partial charge is 0.481 e. The predicted molar refractivity (Wildman–Crippen MR) is 78.5 cm³/mol. The summed E-state index contributed by atoms with van der Waals surface area (Å²) in [5.41, 5.74) is -0.649. The molecule has 21 heavy (non-hydrogen) atoms. The summed E-state index contributed by atoms with van der Waals surface area (Å²) >= 11 is 1.16. The molecule has 7 heteroatoms. The Hall–Kier alpha value is -1.76. The summed E-state index contributed by atoms with van der Waals surface area (Å²) in [6.07, 6.45) is 3.72. The molecule has 1 saturated carbocycles. The van der Waals surface area contributed by atoms with Crippen molar-refractivity contribution in [2.24, 2.45) is 5.41 Å². The lowest BCUT2D eigenvalue weighted by atomic mass is 9.71. The summed E-state index contributed by atoms with van der Waals surface area (Å²) in [4.78, 5) is 38.8. The highest BCUT2D eigenvalue weighted by atomic mass is 32.1. The number of hydrogen-bond donors (Lipinski definition) is 2. The van der Waals surface area contributed by atoms with Gasteiger partial charge in [0, 0.05) is 18.7 Å². The Morgan fingerprint density at radius 1 is 1.33 bits per heavy atom. The third-order valence-electron chi connectivity index (χ3n) is 3.87. The van der Waals surface area contributed by atoms with Gasteiger partial charge in [0.2, 0.25) is 5.91 Å². The van der Waals surface area contributed by atoms with Gasteiger partial charge in [-0.15, -0.1) is 11.3 Å². The number of aliphatic carboxylic acids is 1. The zero-order valence-electron chi connectivity index (χ0n) is 11.8. The first kappa shape index (κ1) is 15.6. The smallest absolute Gasteiger partial charge is 0.310 e. The number of nitrogens with one attached hydrogen (secondary N) is 1. The van der Waals surface area contributed by atoms with E-state index in [1.54, 1.807) is 5.38 Å². The molecule has 0 bridgehead atoms. The fourth-order valence-corrected chi connectivity index (χ4v) is 3.42. The Balaban J connectivity index is 2.02. The van der Waals surface area contributed by atoms with Crippen LogP contribution >= 0.6 is 11.3 Å². The van der Waals surface area contributed by atoms with Crippen LogP contribution in [-0.4, -0.2) is 27.8 Å². The van der Waals surface area contributed by atoms with Crippen LogP contribution in [0.5, 0.6) is 0 Å². The van der Waals surface area contributed by atoms with E-state index in [1.165, 1.54) is 6.92 Å². The Morgan fingerprint density at radius 3 is 2.52 bits per heavy atom. The molecule has 1 aliphatic carbocycles. The van der Waals surface area contributed by atoms with Crippen LogP contribution < -0.4 is 5.32 Å². The summed E-state index contributed by atoms with van der Waals surface area (Å²) in [5, 5.41) is 13.9. The van der Waals surface area contributed by atoms with Crippen LogP contribution in [0.15, 0.2) is 5.38 Å². The van der Waals surface area contributed by atoms with Gasteiger partial charge in [-0.25, -0.2) is 4.98 Å². The van der Waals surface area contributed by atoms with E-state index >= 15 is 0 Å². The topological polar surface area (TPSA) is 96.4 Å². The number of ketones is 1. The van der Waals surface area contributed by atoms with Crippen LogP contribution in [-0.2, 0) is 9.59 Å². The third-order valence-corrected chi connectivity index (χ3v) is 4.63. The number of carboxylic acid groups (broad SMARTS) is 1. The number of amides is 1. The van der Waals surface area contributed by atoms with Crippen LogP contribution in [0.4, 0.5) is 5.13 Å². The first-order valence-corrected chi connectivity index (χ1v) is 7.81. The molecule has 0 unspecified atom stereocenters. The maximum atomic E-state index is 12.1. The molecule has 0 atom stereocenters. The van der Waals surface area contributed by atoms with Gasteiger partial charge in [0.05, 0.1) is 5.41 Å². The molecule has 0 spiro atoms. The van der Waals surface area contributed by atoms with Crippen LogP contribution in [0.2, 0.25) is 0 Å². The minimum Gasteiger partial charge on any atom is -0.481 e. The van der Waals surface area contributed by atoms with Gasteiger partial charge in [0.15, 0.2) is 10.9 Å². The van der Waals surface area contributed by atoms with E-state index in [2.05, 4.69) is 10.3 Å². The van der Waals surface area contributed by atoms with E-state index in [9.17, 15) is 19.5 Å². The monoisotopic (exact) mass is 310 g/mol. The molecule has 1 aromatic heterocycles. The van der Waals surface area contributed by atoms with Gasteiger partial charge in [-0.3, -0.25) is 14.4 Å². The second-order valence-corrected chi connectivity index (χ2v) is 6.32. The minimum atomic E-state index is -0.955. The molecule has 1 aliphatic rings. The summed E-state index contributed by atoms with van der Waals surface area (Å²) < 4.78 is 0. The van der Waals surface area contributed by atoms with E-state index in [1.807, 2.05) is 0 Å². The zero-order valence-corrected chi connectivity index (χ0v) is 12.7. The van der Waals surface area contributed by atoms with Crippen molar-refractivity contribution < 1.29 is 19.5 Å². The number of carbonyl (C=O) groups is 3. The predicted octanol–water partition coefficient (Wildman–Crippen LogP) is 2.71. The lowest BCUT2D eigenvalue weighted by molar-refractivity contribution is -0.153. The van der Waals surface area contributed by atoms with Gasteiger partial charge in [0.1, 0.15) is 5.69 Å². The SMILES string of the molecule is CC(=O)c1csc(NC(=O)CC2(C(=O)O)CCCCC2)n1. The van der Waals surface area contributed by atoms with E-state index in [-0.39, 0.29) is 18.1 Å². The van der Waals surface area contributed by atoms with Gasteiger partial charge >= 0.3 is 5.97 Å². The Bertz CT molecular complexity index is 561. The van der Waals surface area contributed by atoms with Crippen molar-refractivity contribution >= 4 is 34.1 Å². The third kappa shape index (κ3) is 3.66. The van der Waals surface area contributed by atoms with E-state index in [0.29, 0.717) is 23.7 Å². The fraction of sp³-hybridized carbons (Fsp3) is 0.571. The van der Waals surface area contributed by atoms with Crippen LogP contribution in [0.3, 0.4) is 0 Å². The van der Waals surface area contributed by atoms with Crippen LogP contribution in [0.1, 0.15) is 55.9 Å². The standard InChI is InChI=1S/C14H18N2O4S/c1-9(17)10-8-21-13(15-10)16-11(18)7-14(12(19)20)5-3-2-4-6-14/h8H,2-7H2,1H3,(H,19,20)(H,15,16,18). The molecule has 1 amide bonds. The van der Waals surface area contributed by atoms with E-state index in [0.717, 1.165) is 30.6 Å². The number of nitrogens with zero attached hydrogens (tertiary/aromatic N) is 1. The van der Waals surface area contributed by atoms with Crippen molar-refractivity contribution in [2.45, 2.75) is 45.4 Å². The van der Waals surface area contributed by atoms with Gasteiger partial charge < -0.3 is 10.4 Å². The molecule has 6 nitrogen and oxygen atoms in total. The lowest BCUT2D eigenvalue weighted by Gasteiger charge is -2.32. The van der Waals surface area contributed by atoms with Crippen molar-refractivity contribution in [3.63, 3.8) is 0 Å². The molecule has 114 valence electrons. The number of rotatable bonds is 5. The molecule has 0 aliphatic heterocycles. The van der Waals surface area contributed by atoms with Crippen molar-refractivity contribution in [3.8, 4) is 0 Å². The number of carboxylic acids is 1. The van der Waals surface area contributed by atoms with Crippen LogP contribution in [0.25, 0.3) is 0 Å². The number of thiazole rings is 1. The second kappa shape index (κ2) is 6.34. The first-order chi connectivity index (χ1) is 9.93. The van der Waals surface area contributed by atoms with Gasteiger partial charge in [-0.05, 0) is 12.8 Å². The van der Waals surface area contributed by atoms with Crippen molar-refractivity contribution in [2.75, 3.05) is 5.32 Å². The van der Waals surface area contributed by atoms with Crippen molar-refractivity contribution in [3.05, 3.63) is 11.1 Å². The maximum Gasteiger partial charge on any atom is 0.310 e. The Kier molecular flexibility index (Phi) is 4.72. The maximum absolute atomic E-state index is 12.1. The summed E-state index contributed by atoms with van der Waals surface area (Å²) in [6, 6.07) is 0. The molecule has 2 N–H and O–H groups in total. The summed E-state index contributed by atoms with van der Waals surface area (Å²) in [5.74, 6) is -1.43. The molecular formula is C14H18N2O4S. The molecule has 0 radical (unpaired) electrons. The summed E-state index contributed by atoms with van der Waals surface area (Å²) in [7, 11) is 0. The number of Topliss-reactive ketones (excluding diaryl/α,β-unsaturated/α-hetero) is 1. The zero-order chi connectivity index (χ0) is 15.5. The van der Waals surface area contributed by atoms with E-state index in [4.69, 9.17) is 0 Å². The molecule has 2 rings (SSSR count). The molecular weight excluding hydrogens is 292 g/mol. The normalized spacial score (nSPS) is 17.2. The highest BCUT2D eigenvalue weighted by molar-refractivity contribution is 7.14. The van der Waals surface area contributed by atoms with Gasteiger partial charge in [-0.2, -0.15) is 0 Å². The quantitative estimate of drug-likeness (QED) is 0.815. The van der Waals surface area contributed by atoms with E-state index < -0.39 is 11.4 Å². The van der Waals surface area contributed by atoms with Crippen LogP contribution in [0, 0.1) is 5.41 Å².